The molecule has 0 N–H and O–H groups in total. The van der Waals surface area contributed by atoms with E-state index < -0.39 is 0 Å². The standard InChI is InChI=1S/C46H36N6/c1-47-39-23-11-14-26-42(39)50(36-17-5-2-6-18-36)32-33-29-34(45-48-40-24-12-15-27-43(40)51(45)37-19-7-3-8-20-37)31-35(30-33)46-49-41-25-13-16-28-44(41)52(46)38-21-9-4-10-22-38/h2-9,11-21,23-31H,1,10,22,32H2. The fourth-order valence-electron chi connectivity index (χ4n) is 7.32. The van der Waals surface area contributed by atoms with Crippen molar-refractivity contribution >= 4 is 51.5 Å². The van der Waals surface area contributed by atoms with Crippen molar-refractivity contribution in [1.29, 1.82) is 0 Å². The van der Waals surface area contributed by atoms with Crippen molar-refractivity contribution in [3.63, 3.8) is 0 Å². The zero-order valence-corrected chi connectivity index (χ0v) is 28.7. The highest BCUT2D eigenvalue weighted by Crippen LogP contribution is 2.39. The topological polar surface area (TPSA) is 51.2 Å². The van der Waals surface area contributed by atoms with Crippen LogP contribution in [0, 0.1) is 0 Å². The van der Waals surface area contributed by atoms with Gasteiger partial charge in [0.15, 0.2) is 0 Å². The molecule has 0 amide bonds. The van der Waals surface area contributed by atoms with E-state index in [2.05, 4.69) is 171 Å². The molecule has 8 aromatic rings. The lowest BCUT2D eigenvalue weighted by atomic mass is 10.0. The monoisotopic (exact) mass is 672 g/mol. The number of fused-ring (bicyclic) bond motifs is 2. The number of benzene rings is 6. The van der Waals surface area contributed by atoms with Gasteiger partial charge < -0.3 is 4.90 Å². The van der Waals surface area contributed by atoms with Gasteiger partial charge in [-0.2, -0.15) is 0 Å². The number of nitrogens with zero attached hydrogens (tertiary/aromatic N) is 6. The molecule has 0 saturated heterocycles. The first-order chi connectivity index (χ1) is 25.7. The number of aromatic nitrogens is 4. The molecule has 0 atom stereocenters. The van der Waals surface area contributed by atoms with E-state index in [1.165, 1.54) is 5.70 Å². The first kappa shape index (κ1) is 31.2. The minimum Gasteiger partial charge on any atom is -0.335 e. The van der Waals surface area contributed by atoms with Gasteiger partial charge in [0, 0.05) is 34.7 Å². The van der Waals surface area contributed by atoms with Crippen LogP contribution in [0.15, 0.2) is 175 Å². The lowest BCUT2D eigenvalue weighted by Gasteiger charge is -2.27. The molecule has 2 heterocycles. The first-order valence-corrected chi connectivity index (χ1v) is 17.6. The Morgan fingerprint density at radius 1 is 0.635 bits per heavy atom. The zero-order chi connectivity index (χ0) is 34.9. The number of para-hydroxylation sites is 8. The summed E-state index contributed by atoms with van der Waals surface area (Å²) in [5.74, 6) is 1.78. The third-order valence-corrected chi connectivity index (χ3v) is 9.68. The van der Waals surface area contributed by atoms with Crippen molar-refractivity contribution in [3.05, 3.63) is 175 Å². The van der Waals surface area contributed by atoms with Crippen LogP contribution in [0.5, 0.6) is 0 Å². The Labute approximate surface area is 303 Å². The fourth-order valence-corrected chi connectivity index (χ4v) is 7.32. The van der Waals surface area contributed by atoms with Crippen LogP contribution in [-0.2, 0) is 6.54 Å². The Hall–Kier alpha value is -6.79. The molecule has 0 radical (unpaired) electrons. The number of hydrogen-bond acceptors (Lipinski definition) is 4. The van der Waals surface area contributed by atoms with Crippen LogP contribution in [0.1, 0.15) is 18.4 Å². The SMILES string of the molecule is C=Nc1ccccc1N(Cc1cc(-c2nc3ccccc3n2C2=CC=CCC2)cc(-c2nc3ccccc3n2-c2ccccc2)c1)c1ccccc1. The van der Waals surface area contributed by atoms with Crippen molar-refractivity contribution in [1.82, 2.24) is 19.1 Å². The van der Waals surface area contributed by atoms with Crippen molar-refractivity contribution in [2.75, 3.05) is 4.90 Å². The van der Waals surface area contributed by atoms with Gasteiger partial charge in [-0.25, -0.2) is 9.97 Å². The first-order valence-electron chi connectivity index (χ1n) is 17.6. The molecule has 1 aliphatic rings. The van der Waals surface area contributed by atoms with Crippen LogP contribution in [-0.4, -0.2) is 25.8 Å². The lowest BCUT2D eigenvalue weighted by Crippen LogP contribution is -2.17. The van der Waals surface area contributed by atoms with Gasteiger partial charge in [-0.15, -0.1) is 0 Å². The maximum Gasteiger partial charge on any atom is 0.145 e. The summed E-state index contributed by atoms with van der Waals surface area (Å²) < 4.78 is 4.61. The average Bonchev–Trinajstić information content (AvgIpc) is 3.81. The number of imidazole rings is 2. The minimum absolute atomic E-state index is 0.578. The van der Waals surface area contributed by atoms with E-state index in [0.29, 0.717) is 6.54 Å². The molecule has 0 saturated carbocycles. The van der Waals surface area contributed by atoms with Crippen molar-refractivity contribution in [3.8, 4) is 28.5 Å². The van der Waals surface area contributed by atoms with E-state index in [-0.39, 0.29) is 0 Å². The van der Waals surface area contributed by atoms with E-state index in [9.17, 15) is 0 Å². The van der Waals surface area contributed by atoms with Crippen molar-refractivity contribution in [2.45, 2.75) is 19.4 Å². The number of allylic oxidation sites excluding steroid dienone is 4. The van der Waals surface area contributed by atoms with Gasteiger partial charge in [-0.1, -0.05) is 84.9 Å². The molecule has 250 valence electrons. The normalized spacial score (nSPS) is 12.7. The smallest absolute Gasteiger partial charge is 0.145 e. The molecule has 2 aromatic heterocycles. The van der Waals surface area contributed by atoms with Gasteiger partial charge in [0.25, 0.3) is 0 Å². The van der Waals surface area contributed by atoms with Crippen molar-refractivity contribution < 1.29 is 0 Å². The van der Waals surface area contributed by atoms with Gasteiger partial charge in [-0.3, -0.25) is 14.1 Å². The molecule has 9 rings (SSSR count). The Bertz CT molecular complexity index is 2630. The summed E-state index contributed by atoms with van der Waals surface area (Å²) in [6.45, 7) is 4.49. The maximum atomic E-state index is 5.31. The lowest BCUT2D eigenvalue weighted by molar-refractivity contribution is 0.956. The Morgan fingerprint density at radius 2 is 1.23 bits per heavy atom. The van der Waals surface area contributed by atoms with E-state index in [0.717, 1.165) is 86.0 Å². The number of anilines is 2. The quantitative estimate of drug-likeness (QED) is 0.143. The molecule has 0 unspecified atom stereocenters. The van der Waals surface area contributed by atoms with Gasteiger partial charge in [0.1, 0.15) is 11.6 Å². The van der Waals surface area contributed by atoms with E-state index in [1.54, 1.807) is 0 Å². The predicted molar refractivity (Wildman–Crippen MR) is 216 cm³/mol. The van der Waals surface area contributed by atoms with Crippen molar-refractivity contribution in [2.24, 2.45) is 4.99 Å². The molecule has 0 aliphatic heterocycles. The maximum absolute atomic E-state index is 5.31. The highest BCUT2D eigenvalue weighted by atomic mass is 15.1. The predicted octanol–water partition coefficient (Wildman–Crippen LogP) is 11.6. The second-order valence-electron chi connectivity index (χ2n) is 13.0. The highest BCUT2D eigenvalue weighted by Gasteiger charge is 2.22. The van der Waals surface area contributed by atoms with E-state index in [4.69, 9.17) is 9.97 Å². The molecular weight excluding hydrogens is 637 g/mol. The summed E-state index contributed by atoms with van der Waals surface area (Å²) in [6.07, 6.45) is 8.53. The van der Waals surface area contributed by atoms with Gasteiger partial charge >= 0.3 is 0 Å². The summed E-state index contributed by atoms with van der Waals surface area (Å²) in [6, 6.07) is 52.7. The third kappa shape index (κ3) is 5.70. The molecule has 0 spiro atoms. The molecule has 0 bridgehead atoms. The molecule has 52 heavy (non-hydrogen) atoms. The Morgan fingerprint density at radius 3 is 1.90 bits per heavy atom. The van der Waals surface area contributed by atoms with Crippen LogP contribution in [0.2, 0.25) is 0 Å². The van der Waals surface area contributed by atoms with Gasteiger partial charge in [-0.05, 0) is 110 Å². The average molecular weight is 673 g/mol. The Kier molecular flexibility index (Phi) is 8.10. The third-order valence-electron chi connectivity index (χ3n) is 9.68. The molecule has 6 heteroatoms. The Balaban J connectivity index is 1.31. The summed E-state index contributed by atoms with van der Waals surface area (Å²) in [5.41, 5.74) is 12.4. The number of aliphatic imine (C=N–C) groups is 1. The van der Waals surface area contributed by atoms with E-state index >= 15 is 0 Å². The molecule has 1 aliphatic carbocycles. The summed E-state index contributed by atoms with van der Waals surface area (Å²) >= 11 is 0. The number of rotatable bonds is 9. The molecule has 6 aromatic carbocycles. The van der Waals surface area contributed by atoms with Crippen LogP contribution in [0.3, 0.4) is 0 Å². The molecular formula is C46H36N6. The van der Waals surface area contributed by atoms with Crippen LogP contribution in [0.25, 0.3) is 56.2 Å². The fraction of sp³-hybridized carbons (Fsp3) is 0.0652. The summed E-state index contributed by atoms with van der Waals surface area (Å²) in [4.78, 5) is 17.3. The van der Waals surface area contributed by atoms with E-state index in [1.807, 2.05) is 24.3 Å². The van der Waals surface area contributed by atoms with Gasteiger partial charge in [0.05, 0.1) is 33.4 Å². The van der Waals surface area contributed by atoms with Gasteiger partial charge in [0.2, 0.25) is 0 Å². The summed E-state index contributed by atoms with van der Waals surface area (Å²) in [7, 11) is 0. The largest absolute Gasteiger partial charge is 0.335 e. The van der Waals surface area contributed by atoms with Crippen LogP contribution >= 0.6 is 0 Å². The molecule has 0 fully saturated rings. The highest BCUT2D eigenvalue weighted by molar-refractivity contribution is 5.88. The summed E-state index contributed by atoms with van der Waals surface area (Å²) in [5, 5.41) is 0. The minimum atomic E-state index is 0.578. The zero-order valence-electron chi connectivity index (χ0n) is 28.7. The van der Waals surface area contributed by atoms with Crippen LogP contribution in [0.4, 0.5) is 17.1 Å². The van der Waals surface area contributed by atoms with Crippen LogP contribution < -0.4 is 4.90 Å². The second kappa shape index (κ2) is 13.5. The second-order valence-corrected chi connectivity index (χ2v) is 13.0. The molecule has 6 nitrogen and oxygen atoms in total. The number of hydrogen-bond donors (Lipinski definition) is 0.